The van der Waals surface area contributed by atoms with Gasteiger partial charge in [0.1, 0.15) is 6.04 Å². The predicted octanol–water partition coefficient (Wildman–Crippen LogP) is 0.830. The number of rotatable bonds is 5. The van der Waals surface area contributed by atoms with Gasteiger partial charge in [-0.15, -0.1) is 0 Å². The minimum atomic E-state index is -0.459. The number of aryl methyl sites for hydroxylation is 1. The van der Waals surface area contributed by atoms with Crippen LogP contribution in [0.2, 0.25) is 0 Å². The van der Waals surface area contributed by atoms with Crippen LogP contribution in [0.5, 0.6) is 0 Å². The van der Waals surface area contributed by atoms with Gasteiger partial charge in [-0.25, -0.2) is 0 Å². The van der Waals surface area contributed by atoms with Gasteiger partial charge in [0, 0.05) is 45.5 Å². The van der Waals surface area contributed by atoms with Crippen molar-refractivity contribution >= 4 is 11.8 Å². The van der Waals surface area contributed by atoms with E-state index in [1.54, 1.807) is 21.0 Å². The zero-order valence-electron chi connectivity index (χ0n) is 14.6. The van der Waals surface area contributed by atoms with Gasteiger partial charge in [0.15, 0.2) is 0 Å². The molecule has 2 amide bonds. The van der Waals surface area contributed by atoms with E-state index in [1.807, 2.05) is 0 Å². The normalized spacial score (nSPS) is 17.7. The van der Waals surface area contributed by atoms with Gasteiger partial charge in [-0.3, -0.25) is 14.5 Å². The maximum Gasteiger partial charge on any atom is 0.244 e. The number of likely N-dealkylation sites (tertiary alicyclic amines) is 1. The van der Waals surface area contributed by atoms with E-state index in [4.69, 9.17) is 0 Å². The highest BCUT2D eigenvalue weighted by molar-refractivity contribution is 5.88. The van der Waals surface area contributed by atoms with E-state index < -0.39 is 6.04 Å². The molecule has 1 aliphatic rings. The van der Waals surface area contributed by atoms with Crippen LogP contribution in [0.3, 0.4) is 0 Å². The minimum absolute atomic E-state index is 0.00576. The van der Waals surface area contributed by atoms with Gasteiger partial charge in [-0.1, -0.05) is 0 Å². The Kier molecular flexibility index (Phi) is 5.82. The van der Waals surface area contributed by atoms with Crippen LogP contribution in [-0.2, 0) is 23.2 Å². The average Bonchev–Trinajstić information content (AvgIpc) is 2.92. The number of piperidine rings is 1. The third-order valence-corrected chi connectivity index (χ3v) is 4.57. The molecular formula is C17H28N4O2. The fourth-order valence-electron chi connectivity index (χ4n) is 3.02. The third-order valence-electron chi connectivity index (χ3n) is 4.57. The van der Waals surface area contributed by atoms with Crippen LogP contribution in [0.15, 0.2) is 18.3 Å². The summed E-state index contributed by atoms with van der Waals surface area (Å²) < 4.78 is 2.13. The molecule has 128 valence electrons. The molecule has 1 saturated heterocycles. The second kappa shape index (κ2) is 7.64. The van der Waals surface area contributed by atoms with E-state index in [2.05, 4.69) is 40.2 Å². The van der Waals surface area contributed by atoms with Crippen LogP contribution >= 0.6 is 0 Å². The molecule has 1 aromatic rings. The lowest BCUT2D eigenvalue weighted by Gasteiger charge is -2.32. The maximum absolute atomic E-state index is 12.3. The summed E-state index contributed by atoms with van der Waals surface area (Å²) in [4.78, 5) is 28.0. The number of carbonyl (C=O) groups excluding carboxylic acids is 2. The number of nitrogens with one attached hydrogen (secondary N) is 1. The second-order valence-corrected chi connectivity index (χ2v) is 6.62. The van der Waals surface area contributed by atoms with Crippen molar-refractivity contribution in [1.29, 1.82) is 0 Å². The van der Waals surface area contributed by atoms with Crippen molar-refractivity contribution in [3.8, 4) is 0 Å². The molecule has 0 aromatic carbocycles. The summed E-state index contributed by atoms with van der Waals surface area (Å²) in [6.45, 7) is 4.50. The van der Waals surface area contributed by atoms with Gasteiger partial charge >= 0.3 is 0 Å². The maximum atomic E-state index is 12.3. The first-order valence-corrected chi connectivity index (χ1v) is 8.22. The molecule has 0 aliphatic carbocycles. The Bertz CT molecular complexity index is 545. The summed E-state index contributed by atoms with van der Waals surface area (Å²) in [6, 6.07) is 3.73. The Balaban J connectivity index is 1.78. The highest BCUT2D eigenvalue weighted by Gasteiger charge is 2.27. The van der Waals surface area contributed by atoms with Crippen LogP contribution in [0.4, 0.5) is 0 Å². The molecular weight excluding hydrogens is 292 g/mol. The number of hydrogen-bond acceptors (Lipinski definition) is 3. The topological polar surface area (TPSA) is 57.6 Å². The van der Waals surface area contributed by atoms with E-state index in [0.717, 1.165) is 32.5 Å². The molecule has 2 rings (SSSR count). The van der Waals surface area contributed by atoms with Crippen molar-refractivity contribution in [3.63, 3.8) is 0 Å². The van der Waals surface area contributed by atoms with E-state index in [1.165, 1.54) is 10.6 Å². The summed E-state index contributed by atoms with van der Waals surface area (Å²) in [5.41, 5.74) is 1.29. The number of aromatic nitrogens is 1. The molecule has 0 bridgehead atoms. The van der Waals surface area contributed by atoms with Gasteiger partial charge in [0.2, 0.25) is 11.8 Å². The largest absolute Gasteiger partial charge is 0.353 e. The van der Waals surface area contributed by atoms with Crippen molar-refractivity contribution in [2.24, 2.45) is 13.0 Å². The highest BCUT2D eigenvalue weighted by Crippen LogP contribution is 2.19. The number of likely N-dealkylation sites (N-methyl/N-ethyl adjacent to an activating group) is 1. The lowest BCUT2D eigenvalue weighted by atomic mass is 9.95. The van der Waals surface area contributed by atoms with Crippen molar-refractivity contribution in [1.82, 2.24) is 19.7 Å². The smallest absolute Gasteiger partial charge is 0.244 e. The monoisotopic (exact) mass is 320 g/mol. The van der Waals surface area contributed by atoms with Gasteiger partial charge in [-0.05, 0) is 45.0 Å². The van der Waals surface area contributed by atoms with Crippen LogP contribution in [0.25, 0.3) is 0 Å². The number of hydrogen-bond donors (Lipinski definition) is 1. The lowest BCUT2D eigenvalue weighted by Crippen LogP contribution is -2.48. The quantitative estimate of drug-likeness (QED) is 0.874. The summed E-state index contributed by atoms with van der Waals surface area (Å²) >= 11 is 0. The molecule has 0 unspecified atom stereocenters. The summed E-state index contributed by atoms with van der Waals surface area (Å²) in [5.74, 6) is -0.0530. The van der Waals surface area contributed by atoms with E-state index in [0.29, 0.717) is 0 Å². The molecule has 1 aromatic heterocycles. The Morgan fingerprint density at radius 3 is 2.52 bits per heavy atom. The van der Waals surface area contributed by atoms with Crippen LogP contribution in [0.1, 0.15) is 25.5 Å². The summed E-state index contributed by atoms with van der Waals surface area (Å²) in [5, 5.41) is 2.85. The van der Waals surface area contributed by atoms with E-state index >= 15 is 0 Å². The molecule has 0 radical (unpaired) electrons. The van der Waals surface area contributed by atoms with Gasteiger partial charge in [0.05, 0.1) is 0 Å². The van der Waals surface area contributed by atoms with E-state index in [9.17, 15) is 9.59 Å². The van der Waals surface area contributed by atoms with Gasteiger partial charge in [0.25, 0.3) is 0 Å². The summed E-state index contributed by atoms with van der Waals surface area (Å²) in [6.07, 6.45) is 3.75. The van der Waals surface area contributed by atoms with Crippen LogP contribution in [-0.4, -0.2) is 59.4 Å². The number of carbonyl (C=O) groups is 2. The Labute approximate surface area is 138 Å². The molecule has 0 saturated carbocycles. The number of amides is 2. The molecule has 1 N–H and O–H groups in total. The molecule has 1 fully saturated rings. The van der Waals surface area contributed by atoms with Gasteiger partial charge in [-0.2, -0.15) is 0 Å². The highest BCUT2D eigenvalue weighted by atomic mass is 16.2. The molecule has 0 spiro atoms. The first-order valence-electron chi connectivity index (χ1n) is 8.22. The third kappa shape index (κ3) is 4.58. The molecule has 2 heterocycles. The second-order valence-electron chi connectivity index (χ2n) is 6.62. The first kappa shape index (κ1) is 17.5. The first-order chi connectivity index (χ1) is 10.9. The standard InChI is InChI=1S/C17H28N4O2/c1-13(17(23)19(2)3)18-16(22)14-7-10-21(11-8-14)12-15-6-5-9-20(15)4/h5-6,9,13-14H,7-8,10-12H2,1-4H3,(H,18,22)/t13-/m0/s1. The van der Waals surface area contributed by atoms with Crippen molar-refractivity contribution < 1.29 is 9.59 Å². The van der Waals surface area contributed by atoms with Crippen molar-refractivity contribution in [2.75, 3.05) is 27.2 Å². The van der Waals surface area contributed by atoms with Crippen molar-refractivity contribution in [3.05, 3.63) is 24.0 Å². The zero-order valence-corrected chi connectivity index (χ0v) is 14.6. The predicted molar refractivity (Wildman–Crippen MR) is 89.7 cm³/mol. The molecule has 6 nitrogen and oxygen atoms in total. The minimum Gasteiger partial charge on any atom is -0.353 e. The lowest BCUT2D eigenvalue weighted by molar-refractivity contribution is -0.135. The van der Waals surface area contributed by atoms with Crippen LogP contribution in [0, 0.1) is 5.92 Å². The Hall–Kier alpha value is -1.82. The molecule has 6 heteroatoms. The molecule has 23 heavy (non-hydrogen) atoms. The SMILES string of the molecule is C[C@H](NC(=O)C1CCN(Cc2cccn2C)CC1)C(=O)N(C)C. The fraction of sp³-hybridized carbons (Fsp3) is 0.647. The average molecular weight is 320 g/mol. The zero-order chi connectivity index (χ0) is 17.0. The molecule has 1 atom stereocenters. The van der Waals surface area contributed by atoms with E-state index in [-0.39, 0.29) is 17.7 Å². The Morgan fingerprint density at radius 2 is 2.00 bits per heavy atom. The Morgan fingerprint density at radius 1 is 1.35 bits per heavy atom. The number of nitrogens with zero attached hydrogens (tertiary/aromatic N) is 3. The molecule has 1 aliphatic heterocycles. The van der Waals surface area contributed by atoms with Crippen molar-refractivity contribution in [2.45, 2.75) is 32.4 Å². The summed E-state index contributed by atoms with van der Waals surface area (Å²) in [7, 11) is 5.46. The van der Waals surface area contributed by atoms with Gasteiger partial charge < -0.3 is 14.8 Å². The fourth-order valence-corrected chi connectivity index (χ4v) is 3.02. The van der Waals surface area contributed by atoms with Crippen LogP contribution < -0.4 is 5.32 Å².